The summed E-state index contributed by atoms with van der Waals surface area (Å²) in [6.07, 6.45) is 4.58. The van der Waals surface area contributed by atoms with Gasteiger partial charge in [-0.2, -0.15) is 5.10 Å². The van der Waals surface area contributed by atoms with E-state index in [1.165, 1.54) is 17.1 Å². The summed E-state index contributed by atoms with van der Waals surface area (Å²) in [5, 5.41) is 17.3. The number of nitro benzene ring substituents is 1. The molecule has 2 rings (SSSR count). The highest BCUT2D eigenvalue weighted by atomic mass is 19.1. The van der Waals surface area contributed by atoms with Crippen molar-refractivity contribution in [2.75, 3.05) is 5.32 Å². The molecule has 8 heteroatoms. The van der Waals surface area contributed by atoms with Gasteiger partial charge in [-0.1, -0.05) is 6.58 Å². The summed E-state index contributed by atoms with van der Waals surface area (Å²) in [6, 6.07) is 1.25. The van der Waals surface area contributed by atoms with E-state index in [9.17, 15) is 18.9 Å². The minimum absolute atomic E-state index is 0.108. The molecule has 0 saturated heterocycles. The molecule has 1 aromatic carbocycles. The molecule has 0 fully saturated rings. The number of rotatable bonds is 5. The molecule has 0 spiro atoms. The minimum atomic E-state index is -1.02. The van der Waals surface area contributed by atoms with Crippen molar-refractivity contribution in [1.29, 1.82) is 0 Å². The second kappa shape index (κ2) is 5.47. The Morgan fingerprint density at radius 2 is 2.25 bits per heavy atom. The quantitative estimate of drug-likeness (QED) is 0.675. The largest absolute Gasteiger partial charge is 0.373 e. The number of nitro groups is 1. The Hall–Kier alpha value is -2.77. The van der Waals surface area contributed by atoms with Crippen molar-refractivity contribution in [1.82, 2.24) is 9.78 Å². The van der Waals surface area contributed by atoms with Crippen molar-refractivity contribution in [3.05, 3.63) is 58.4 Å². The second-order valence-electron chi connectivity index (χ2n) is 3.90. The zero-order valence-electron chi connectivity index (χ0n) is 10.2. The van der Waals surface area contributed by atoms with E-state index in [1.54, 1.807) is 6.20 Å². The fraction of sp³-hybridized carbons (Fsp3) is 0.0833. The van der Waals surface area contributed by atoms with Crippen molar-refractivity contribution in [2.45, 2.75) is 6.54 Å². The van der Waals surface area contributed by atoms with Crippen LogP contribution in [0.3, 0.4) is 0 Å². The lowest BCUT2D eigenvalue weighted by molar-refractivity contribution is -0.384. The average Bonchev–Trinajstić information content (AvgIpc) is 2.84. The number of hydrogen-bond acceptors (Lipinski definition) is 4. The van der Waals surface area contributed by atoms with E-state index in [-0.39, 0.29) is 12.2 Å². The lowest BCUT2D eigenvalue weighted by Crippen LogP contribution is -2.05. The summed E-state index contributed by atoms with van der Waals surface area (Å²) in [7, 11) is 0. The Morgan fingerprint density at radius 3 is 2.85 bits per heavy atom. The van der Waals surface area contributed by atoms with Crippen LogP contribution in [0.4, 0.5) is 20.2 Å². The zero-order chi connectivity index (χ0) is 14.7. The summed E-state index contributed by atoms with van der Waals surface area (Å²) in [5.74, 6) is -2.02. The van der Waals surface area contributed by atoms with Crippen LogP contribution < -0.4 is 5.32 Å². The number of anilines is 1. The molecule has 2 aromatic rings. The van der Waals surface area contributed by atoms with E-state index < -0.39 is 22.2 Å². The topological polar surface area (TPSA) is 73.0 Å². The Morgan fingerprint density at radius 1 is 1.50 bits per heavy atom. The summed E-state index contributed by atoms with van der Waals surface area (Å²) < 4.78 is 28.0. The predicted molar refractivity (Wildman–Crippen MR) is 69.0 cm³/mol. The average molecular weight is 280 g/mol. The van der Waals surface area contributed by atoms with E-state index in [2.05, 4.69) is 17.0 Å². The fourth-order valence-corrected chi connectivity index (χ4v) is 1.64. The highest BCUT2D eigenvalue weighted by Gasteiger charge is 2.20. The number of aromatic nitrogens is 2. The molecule has 0 saturated carbocycles. The van der Waals surface area contributed by atoms with Gasteiger partial charge in [0.1, 0.15) is 11.5 Å². The van der Waals surface area contributed by atoms with E-state index in [4.69, 9.17) is 0 Å². The first-order valence-corrected chi connectivity index (χ1v) is 5.54. The number of nitrogens with zero attached hydrogens (tertiary/aromatic N) is 3. The maximum atomic E-state index is 13.6. The molecule has 6 nitrogen and oxygen atoms in total. The van der Waals surface area contributed by atoms with Gasteiger partial charge in [-0.05, 0) is 0 Å². The summed E-state index contributed by atoms with van der Waals surface area (Å²) in [4.78, 5) is 9.94. The van der Waals surface area contributed by atoms with Crippen LogP contribution in [0.1, 0.15) is 5.56 Å². The molecule has 0 aliphatic rings. The molecule has 0 aliphatic carbocycles. The van der Waals surface area contributed by atoms with E-state index in [0.717, 1.165) is 0 Å². The first-order chi connectivity index (χ1) is 9.51. The van der Waals surface area contributed by atoms with Gasteiger partial charge in [0.25, 0.3) is 5.69 Å². The second-order valence-corrected chi connectivity index (χ2v) is 3.90. The Kier molecular flexibility index (Phi) is 3.74. The number of halogens is 2. The Bertz CT molecular complexity index is 669. The van der Waals surface area contributed by atoms with Crippen molar-refractivity contribution in [2.24, 2.45) is 0 Å². The van der Waals surface area contributed by atoms with Gasteiger partial charge in [-0.3, -0.25) is 10.1 Å². The van der Waals surface area contributed by atoms with E-state index >= 15 is 0 Å². The Balaban J connectivity index is 2.24. The summed E-state index contributed by atoms with van der Waals surface area (Å²) in [6.45, 7) is 3.62. The molecule has 0 bridgehead atoms. The van der Waals surface area contributed by atoms with Crippen molar-refractivity contribution in [3.8, 4) is 0 Å². The molecule has 20 heavy (non-hydrogen) atoms. The van der Waals surface area contributed by atoms with Crippen molar-refractivity contribution in [3.63, 3.8) is 0 Å². The lowest BCUT2D eigenvalue weighted by atomic mass is 10.2. The molecule has 0 radical (unpaired) electrons. The Labute approximate surface area is 112 Å². The minimum Gasteiger partial charge on any atom is -0.373 e. The SMILES string of the molecule is C=Cn1cc(CNc2c(F)cc(F)cc2[N+](=O)[O-])cn1. The molecule has 0 amide bonds. The van der Waals surface area contributed by atoms with Gasteiger partial charge in [-0.25, -0.2) is 13.5 Å². The molecule has 1 N–H and O–H groups in total. The third kappa shape index (κ3) is 2.79. The molecule has 0 aliphatic heterocycles. The van der Waals surface area contributed by atoms with Crippen LogP contribution in [0.15, 0.2) is 31.1 Å². The van der Waals surface area contributed by atoms with Gasteiger partial charge in [0, 0.05) is 30.6 Å². The van der Waals surface area contributed by atoms with Gasteiger partial charge >= 0.3 is 0 Å². The lowest BCUT2D eigenvalue weighted by Gasteiger charge is -2.07. The highest BCUT2D eigenvalue weighted by molar-refractivity contribution is 5.62. The van der Waals surface area contributed by atoms with E-state index in [1.807, 2.05) is 0 Å². The molecular weight excluding hydrogens is 270 g/mol. The number of nitrogens with one attached hydrogen (secondary N) is 1. The third-order valence-electron chi connectivity index (χ3n) is 2.54. The predicted octanol–water partition coefficient (Wildman–Crippen LogP) is 2.78. The smallest absolute Gasteiger partial charge is 0.298 e. The van der Waals surface area contributed by atoms with Crippen LogP contribution in [-0.4, -0.2) is 14.7 Å². The summed E-state index contributed by atoms with van der Waals surface area (Å²) >= 11 is 0. The summed E-state index contributed by atoms with van der Waals surface area (Å²) in [5.41, 5.74) is -0.343. The van der Waals surface area contributed by atoms with Gasteiger partial charge < -0.3 is 5.32 Å². The van der Waals surface area contributed by atoms with Crippen LogP contribution in [0.25, 0.3) is 6.20 Å². The monoisotopic (exact) mass is 280 g/mol. The normalized spacial score (nSPS) is 10.3. The fourth-order valence-electron chi connectivity index (χ4n) is 1.64. The molecular formula is C12H10F2N4O2. The maximum Gasteiger partial charge on any atom is 0.298 e. The molecule has 1 aromatic heterocycles. The van der Waals surface area contributed by atoms with Gasteiger partial charge in [0.05, 0.1) is 17.2 Å². The van der Waals surface area contributed by atoms with Gasteiger partial charge in [0.2, 0.25) is 0 Å². The molecule has 0 unspecified atom stereocenters. The molecule has 104 valence electrons. The third-order valence-corrected chi connectivity index (χ3v) is 2.54. The van der Waals surface area contributed by atoms with Crippen molar-refractivity contribution < 1.29 is 13.7 Å². The van der Waals surface area contributed by atoms with Crippen LogP contribution >= 0.6 is 0 Å². The number of benzene rings is 1. The van der Waals surface area contributed by atoms with Crippen LogP contribution in [-0.2, 0) is 6.54 Å². The zero-order valence-corrected chi connectivity index (χ0v) is 10.2. The van der Waals surface area contributed by atoms with Crippen LogP contribution in [0, 0.1) is 21.7 Å². The molecule has 0 atom stereocenters. The maximum absolute atomic E-state index is 13.6. The first-order valence-electron chi connectivity index (χ1n) is 5.54. The van der Waals surface area contributed by atoms with Gasteiger partial charge in [-0.15, -0.1) is 0 Å². The van der Waals surface area contributed by atoms with E-state index in [0.29, 0.717) is 17.7 Å². The van der Waals surface area contributed by atoms with Crippen molar-refractivity contribution >= 4 is 17.6 Å². The highest BCUT2D eigenvalue weighted by Crippen LogP contribution is 2.29. The van der Waals surface area contributed by atoms with Crippen LogP contribution in [0.2, 0.25) is 0 Å². The van der Waals surface area contributed by atoms with Gasteiger partial charge in [0.15, 0.2) is 5.82 Å². The first kappa shape index (κ1) is 13.7. The van der Waals surface area contributed by atoms with Crippen LogP contribution in [0.5, 0.6) is 0 Å². The number of hydrogen-bond donors (Lipinski definition) is 1. The molecule has 1 heterocycles. The standard InChI is InChI=1S/C12H10F2N4O2/c1-2-17-7-8(6-16-17)5-15-12-10(14)3-9(13)4-11(12)18(19)20/h2-4,6-7,15H,1,5H2.